The molecule has 0 aliphatic rings. The van der Waals surface area contributed by atoms with E-state index in [1.165, 1.54) is 0 Å². The molecule has 4 heteroatoms. The fraction of sp³-hybridized carbons (Fsp3) is 0.600. The molecule has 0 amide bonds. The summed E-state index contributed by atoms with van der Waals surface area (Å²) in [7, 11) is -3.87. The maximum absolute atomic E-state index is 10.1. The molecule has 0 aromatic rings. The van der Waals surface area contributed by atoms with E-state index in [-0.39, 0.29) is 6.16 Å². The summed E-state index contributed by atoms with van der Waals surface area (Å²) >= 11 is 0. The molecule has 0 aromatic carbocycles. The molecule has 0 aliphatic carbocycles. The van der Waals surface area contributed by atoms with Crippen LogP contribution in [0.15, 0.2) is 0 Å². The second-order valence-corrected chi connectivity index (χ2v) is 3.18. The van der Waals surface area contributed by atoms with E-state index < -0.39 is 7.60 Å². The molecule has 0 atom stereocenters. The van der Waals surface area contributed by atoms with Gasteiger partial charge >= 0.3 is 7.60 Å². The van der Waals surface area contributed by atoms with Gasteiger partial charge in [0.25, 0.3) is 0 Å². The molecule has 0 saturated heterocycles. The Hall–Kier alpha value is -0.290. The molecule has 0 fully saturated rings. The van der Waals surface area contributed by atoms with Crippen LogP contribution < -0.4 is 0 Å². The largest absolute Gasteiger partial charge is 0.337 e. The van der Waals surface area contributed by atoms with Gasteiger partial charge in [0, 0.05) is 6.42 Å². The summed E-state index contributed by atoms with van der Waals surface area (Å²) in [4.78, 5) is 16.5. The van der Waals surface area contributed by atoms with Crippen molar-refractivity contribution in [3.8, 4) is 11.8 Å². The van der Waals surface area contributed by atoms with Crippen molar-refractivity contribution in [2.24, 2.45) is 0 Å². The van der Waals surface area contributed by atoms with Crippen LogP contribution in [0.2, 0.25) is 0 Å². The van der Waals surface area contributed by atoms with E-state index in [0.717, 1.165) is 0 Å². The van der Waals surface area contributed by atoms with E-state index >= 15 is 0 Å². The molecule has 9 heavy (non-hydrogen) atoms. The zero-order valence-electron chi connectivity index (χ0n) is 5.16. The summed E-state index contributed by atoms with van der Waals surface area (Å²) in [6, 6.07) is 0. The zero-order chi connectivity index (χ0) is 7.33. The van der Waals surface area contributed by atoms with Gasteiger partial charge in [-0.2, -0.15) is 0 Å². The Morgan fingerprint density at radius 3 is 2.33 bits per heavy atom. The molecular formula is C5H9O3P. The molecule has 2 N–H and O–H groups in total. The predicted octanol–water partition coefficient (Wildman–Crippen LogP) is 0.577. The molecular weight excluding hydrogens is 139 g/mol. The van der Waals surface area contributed by atoms with Crippen LogP contribution in [0.3, 0.4) is 0 Å². The molecule has 0 aliphatic heterocycles. The SMILES string of the molecule is CCC#CCP(=O)(O)O. The van der Waals surface area contributed by atoms with Crippen LogP contribution in [0.1, 0.15) is 13.3 Å². The fourth-order valence-electron chi connectivity index (χ4n) is 0.284. The van der Waals surface area contributed by atoms with E-state index in [1.54, 1.807) is 0 Å². The normalized spacial score (nSPS) is 10.1. The molecule has 0 heterocycles. The maximum Gasteiger partial charge on any atom is 0.337 e. The quantitative estimate of drug-likeness (QED) is 0.422. The number of hydrogen-bond donors (Lipinski definition) is 2. The molecule has 0 bridgehead atoms. The Kier molecular flexibility index (Phi) is 3.56. The number of rotatable bonds is 1. The monoisotopic (exact) mass is 148 g/mol. The van der Waals surface area contributed by atoms with Crippen molar-refractivity contribution in [3.63, 3.8) is 0 Å². The van der Waals surface area contributed by atoms with Crippen LogP contribution in [0.5, 0.6) is 0 Å². The topological polar surface area (TPSA) is 57.5 Å². The molecule has 0 radical (unpaired) electrons. The van der Waals surface area contributed by atoms with Crippen LogP contribution in [-0.4, -0.2) is 15.9 Å². The van der Waals surface area contributed by atoms with Gasteiger partial charge in [0.1, 0.15) is 6.16 Å². The average molecular weight is 148 g/mol. The van der Waals surface area contributed by atoms with Gasteiger partial charge in [-0.05, 0) is 0 Å². The van der Waals surface area contributed by atoms with Gasteiger partial charge < -0.3 is 9.79 Å². The first kappa shape index (κ1) is 8.71. The van der Waals surface area contributed by atoms with Crippen molar-refractivity contribution in [2.75, 3.05) is 6.16 Å². The lowest BCUT2D eigenvalue weighted by Gasteiger charge is -1.93. The molecule has 0 saturated carbocycles. The van der Waals surface area contributed by atoms with Crippen molar-refractivity contribution in [1.29, 1.82) is 0 Å². The lowest BCUT2D eigenvalue weighted by atomic mass is 10.5. The van der Waals surface area contributed by atoms with Gasteiger partial charge in [-0.25, -0.2) is 0 Å². The summed E-state index contributed by atoms with van der Waals surface area (Å²) in [5, 5.41) is 0. The Balaban J connectivity index is 3.64. The zero-order valence-corrected chi connectivity index (χ0v) is 6.06. The van der Waals surface area contributed by atoms with E-state index in [9.17, 15) is 4.57 Å². The van der Waals surface area contributed by atoms with Crippen LogP contribution in [0.4, 0.5) is 0 Å². The first-order valence-corrected chi connectivity index (χ1v) is 4.36. The second-order valence-electron chi connectivity index (χ2n) is 1.53. The van der Waals surface area contributed by atoms with E-state index in [2.05, 4.69) is 11.8 Å². The standard InChI is InChI=1S/C5H9O3P/c1-2-3-4-5-9(6,7)8/h2,5H2,1H3,(H2,6,7,8). The molecule has 3 nitrogen and oxygen atoms in total. The molecule has 0 unspecified atom stereocenters. The third kappa shape index (κ3) is 7.71. The minimum Gasteiger partial charge on any atom is -0.324 e. The highest BCUT2D eigenvalue weighted by Gasteiger charge is 2.08. The Labute approximate surface area is 54.2 Å². The van der Waals surface area contributed by atoms with Gasteiger partial charge in [-0.1, -0.05) is 12.8 Å². The van der Waals surface area contributed by atoms with Crippen molar-refractivity contribution in [3.05, 3.63) is 0 Å². The minimum atomic E-state index is -3.87. The van der Waals surface area contributed by atoms with Crippen molar-refractivity contribution in [1.82, 2.24) is 0 Å². The van der Waals surface area contributed by atoms with Crippen LogP contribution in [-0.2, 0) is 4.57 Å². The third-order valence-corrected chi connectivity index (χ3v) is 1.16. The molecule has 0 spiro atoms. The first-order valence-electron chi connectivity index (χ1n) is 2.56. The van der Waals surface area contributed by atoms with Crippen LogP contribution in [0.25, 0.3) is 0 Å². The third-order valence-electron chi connectivity index (χ3n) is 0.587. The lowest BCUT2D eigenvalue weighted by Crippen LogP contribution is -1.81. The van der Waals surface area contributed by atoms with Crippen molar-refractivity contribution < 1.29 is 14.4 Å². The smallest absolute Gasteiger partial charge is 0.324 e. The highest BCUT2D eigenvalue weighted by atomic mass is 31.2. The van der Waals surface area contributed by atoms with E-state index in [4.69, 9.17) is 9.79 Å². The minimum absolute atomic E-state index is 0.319. The van der Waals surface area contributed by atoms with Crippen molar-refractivity contribution >= 4 is 7.60 Å². The molecule has 0 rings (SSSR count). The van der Waals surface area contributed by atoms with Gasteiger partial charge in [0.2, 0.25) is 0 Å². The Morgan fingerprint density at radius 1 is 1.44 bits per heavy atom. The van der Waals surface area contributed by atoms with Crippen LogP contribution in [0, 0.1) is 11.8 Å². The molecule has 0 aromatic heterocycles. The van der Waals surface area contributed by atoms with E-state index in [0.29, 0.717) is 6.42 Å². The Morgan fingerprint density at radius 2 is 2.00 bits per heavy atom. The maximum atomic E-state index is 10.1. The van der Waals surface area contributed by atoms with E-state index in [1.807, 2.05) is 6.92 Å². The summed E-state index contributed by atoms with van der Waals surface area (Å²) in [6.07, 6.45) is 0.320. The van der Waals surface area contributed by atoms with Gasteiger partial charge in [-0.3, -0.25) is 4.57 Å². The predicted molar refractivity (Wildman–Crippen MR) is 35.0 cm³/mol. The summed E-state index contributed by atoms with van der Waals surface area (Å²) < 4.78 is 10.1. The Bertz CT molecular complexity index is 170. The van der Waals surface area contributed by atoms with Crippen molar-refractivity contribution in [2.45, 2.75) is 13.3 Å². The fourth-order valence-corrected chi connectivity index (χ4v) is 0.602. The summed E-state index contributed by atoms with van der Waals surface area (Å²) in [6.45, 7) is 1.83. The summed E-state index contributed by atoms with van der Waals surface area (Å²) in [5.74, 6) is 4.92. The highest BCUT2D eigenvalue weighted by molar-refractivity contribution is 7.52. The van der Waals surface area contributed by atoms with Gasteiger partial charge in [0.05, 0.1) is 0 Å². The van der Waals surface area contributed by atoms with Gasteiger partial charge in [-0.15, -0.1) is 5.92 Å². The first-order chi connectivity index (χ1) is 4.06. The summed E-state index contributed by atoms with van der Waals surface area (Å²) in [5.41, 5.74) is 0. The van der Waals surface area contributed by atoms with Crippen LogP contribution >= 0.6 is 7.60 Å². The lowest BCUT2D eigenvalue weighted by molar-refractivity contribution is 0.377. The second kappa shape index (κ2) is 3.68. The average Bonchev–Trinajstić information content (AvgIpc) is 1.63. The highest BCUT2D eigenvalue weighted by Crippen LogP contribution is 2.32. The molecule has 52 valence electrons. The number of hydrogen-bond acceptors (Lipinski definition) is 1. The van der Waals surface area contributed by atoms with Gasteiger partial charge in [0.15, 0.2) is 0 Å².